The summed E-state index contributed by atoms with van der Waals surface area (Å²) in [5.74, 6) is 0. The van der Waals surface area contributed by atoms with Crippen molar-refractivity contribution in [2.45, 2.75) is 24.9 Å². The number of carbonyl (C=O) groups is 1. The fraction of sp³-hybridized carbons (Fsp3) is 0.909. The number of amides is 2. The Morgan fingerprint density at radius 3 is 2.50 bits per heavy atom. The van der Waals surface area contributed by atoms with Crippen LogP contribution in [-0.2, 0) is 0 Å². The molecule has 0 aromatic heterocycles. The molecule has 0 aromatic carbocycles. The van der Waals surface area contributed by atoms with Gasteiger partial charge in [0.15, 0.2) is 0 Å². The summed E-state index contributed by atoms with van der Waals surface area (Å²) in [6.07, 6.45) is 2.33. The molecule has 0 bridgehead atoms. The average molecular weight is 224 g/mol. The Morgan fingerprint density at radius 2 is 1.88 bits per heavy atom. The van der Waals surface area contributed by atoms with Crippen molar-refractivity contribution in [1.29, 1.82) is 0 Å². The molecular formula is C11H20N4O. The molecule has 0 aromatic rings. The standard InChI is InChI=1S/C11H20N4O/c16-11(13-9-1-2-9)15-7-10(8-15)14-5-3-12-4-6-14/h9-10,12H,1-8H2,(H,13,16). The molecular weight excluding hydrogens is 204 g/mol. The third-order valence-electron chi connectivity index (χ3n) is 3.72. The lowest BCUT2D eigenvalue weighted by molar-refractivity contribution is 0.0492. The maximum Gasteiger partial charge on any atom is 0.317 e. The molecule has 0 spiro atoms. The van der Waals surface area contributed by atoms with Gasteiger partial charge in [-0.3, -0.25) is 4.90 Å². The van der Waals surface area contributed by atoms with Gasteiger partial charge < -0.3 is 15.5 Å². The minimum atomic E-state index is 0.147. The van der Waals surface area contributed by atoms with E-state index in [0.717, 1.165) is 39.3 Å². The van der Waals surface area contributed by atoms with Gasteiger partial charge in [0.25, 0.3) is 0 Å². The highest BCUT2D eigenvalue weighted by Gasteiger charge is 2.36. The molecule has 1 aliphatic carbocycles. The zero-order valence-electron chi connectivity index (χ0n) is 9.61. The van der Waals surface area contributed by atoms with Gasteiger partial charge in [-0.1, -0.05) is 0 Å². The molecule has 90 valence electrons. The predicted octanol–water partition coefficient (Wildman–Crippen LogP) is -0.552. The monoisotopic (exact) mass is 224 g/mol. The lowest BCUT2D eigenvalue weighted by Crippen LogP contribution is -2.65. The third-order valence-corrected chi connectivity index (χ3v) is 3.72. The van der Waals surface area contributed by atoms with Crippen LogP contribution in [0.25, 0.3) is 0 Å². The van der Waals surface area contributed by atoms with Gasteiger partial charge in [0.1, 0.15) is 0 Å². The summed E-state index contributed by atoms with van der Waals surface area (Å²) >= 11 is 0. The number of hydrogen-bond acceptors (Lipinski definition) is 3. The van der Waals surface area contributed by atoms with Crippen molar-refractivity contribution in [3.05, 3.63) is 0 Å². The van der Waals surface area contributed by atoms with Gasteiger partial charge in [-0.2, -0.15) is 0 Å². The third kappa shape index (κ3) is 2.15. The van der Waals surface area contributed by atoms with Crippen LogP contribution in [0.4, 0.5) is 4.79 Å². The first kappa shape index (κ1) is 10.4. The van der Waals surface area contributed by atoms with Crippen LogP contribution in [0.5, 0.6) is 0 Å². The summed E-state index contributed by atoms with van der Waals surface area (Å²) in [6.45, 7) is 6.26. The summed E-state index contributed by atoms with van der Waals surface area (Å²) in [6, 6.07) is 1.23. The van der Waals surface area contributed by atoms with E-state index < -0.39 is 0 Å². The lowest BCUT2D eigenvalue weighted by atomic mass is 10.1. The molecule has 0 atom stereocenters. The zero-order chi connectivity index (χ0) is 11.0. The average Bonchev–Trinajstić information content (AvgIpc) is 3.01. The Hall–Kier alpha value is -0.810. The second kappa shape index (κ2) is 4.22. The van der Waals surface area contributed by atoms with Crippen LogP contribution < -0.4 is 10.6 Å². The number of carbonyl (C=O) groups excluding carboxylic acids is 1. The number of likely N-dealkylation sites (tertiary alicyclic amines) is 1. The molecule has 3 aliphatic rings. The Kier molecular flexibility index (Phi) is 2.73. The van der Waals surface area contributed by atoms with E-state index in [2.05, 4.69) is 15.5 Å². The quantitative estimate of drug-likeness (QED) is 0.661. The molecule has 16 heavy (non-hydrogen) atoms. The van der Waals surface area contributed by atoms with Crippen molar-refractivity contribution >= 4 is 6.03 Å². The number of nitrogens with one attached hydrogen (secondary N) is 2. The molecule has 2 heterocycles. The van der Waals surface area contributed by atoms with Gasteiger partial charge in [0, 0.05) is 51.4 Å². The number of nitrogens with zero attached hydrogens (tertiary/aromatic N) is 2. The minimum Gasteiger partial charge on any atom is -0.335 e. The minimum absolute atomic E-state index is 0.147. The SMILES string of the molecule is O=C(NC1CC1)N1CC(N2CCNCC2)C1. The fourth-order valence-corrected chi connectivity index (χ4v) is 2.39. The molecule has 2 saturated heterocycles. The lowest BCUT2D eigenvalue weighted by Gasteiger charge is -2.46. The Labute approximate surface area is 96.2 Å². The second-order valence-electron chi connectivity index (χ2n) is 5.07. The summed E-state index contributed by atoms with van der Waals surface area (Å²) in [5.41, 5.74) is 0. The molecule has 3 rings (SSSR count). The summed E-state index contributed by atoms with van der Waals surface area (Å²) in [4.78, 5) is 16.1. The van der Waals surface area contributed by atoms with Gasteiger partial charge in [-0.25, -0.2) is 4.79 Å². The Morgan fingerprint density at radius 1 is 1.19 bits per heavy atom. The number of piperazine rings is 1. The summed E-state index contributed by atoms with van der Waals surface area (Å²) < 4.78 is 0. The van der Waals surface area contributed by atoms with Crippen molar-refractivity contribution in [2.75, 3.05) is 39.3 Å². The number of hydrogen-bond donors (Lipinski definition) is 2. The molecule has 0 unspecified atom stereocenters. The normalized spacial score (nSPS) is 27.6. The van der Waals surface area contributed by atoms with Crippen molar-refractivity contribution in [2.24, 2.45) is 0 Å². The molecule has 2 N–H and O–H groups in total. The maximum absolute atomic E-state index is 11.7. The smallest absolute Gasteiger partial charge is 0.317 e. The van der Waals surface area contributed by atoms with Crippen LogP contribution in [-0.4, -0.2) is 67.2 Å². The zero-order valence-corrected chi connectivity index (χ0v) is 9.61. The number of rotatable bonds is 2. The molecule has 5 nitrogen and oxygen atoms in total. The highest BCUT2D eigenvalue weighted by atomic mass is 16.2. The van der Waals surface area contributed by atoms with E-state index in [9.17, 15) is 4.79 Å². The van der Waals surface area contributed by atoms with Crippen molar-refractivity contribution in [1.82, 2.24) is 20.4 Å². The van der Waals surface area contributed by atoms with Gasteiger partial charge in [-0.15, -0.1) is 0 Å². The molecule has 5 heteroatoms. The van der Waals surface area contributed by atoms with Crippen LogP contribution in [0.15, 0.2) is 0 Å². The highest BCUT2D eigenvalue weighted by molar-refractivity contribution is 5.75. The predicted molar refractivity (Wildman–Crippen MR) is 61.4 cm³/mol. The largest absolute Gasteiger partial charge is 0.335 e. The van der Waals surface area contributed by atoms with Crippen LogP contribution in [0, 0.1) is 0 Å². The molecule has 2 amide bonds. The van der Waals surface area contributed by atoms with E-state index in [1.807, 2.05) is 4.90 Å². The van der Waals surface area contributed by atoms with Crippen LogP contribution >= 0.6 is 0 Å². The molecule has 0 radical (unpaired) electrons. The highest BCUT2D eigenvalue weighted by Crippen LogP contribution is 2.21. The van der Waals surface area contributed by atoms with Crippen LogP contribution in [0.3, 0.4) is 0 Å². The molecule has 2 aliphatic heterocycles. The van der Waals surface area contributed by atoms with E-state index in [1.165, 1.54) is 12.8 Å². The van der Waals surface area contributed by atoms with E-state index in [4.69, 9.17) is 0 Å². The molecule has 3 fully saturated rings. The van der Waals surface area contributed by atoms with E-state index in [0.29, 0.717) is 12.1 Å². The maximum atomic E-state index is 11.7. The van der Waals surface area contributed by atoms with Gasteiger partial charge in [0.2, 0.25) is 0 Å². The van der Waals surface area contributed by atoms with Crippen molar-refractivity contribution in [3.63, 3.8) is 0 Å². The Balaban J connectivity index is 1.41. The van der Waals surface area contributed by atoms with E-state index >= 15 is 0 Å². The van der Waals surface area contributed by atoms with Gasteiger partial charge >= 0.3 is 6.03 Å². The fourth-order valence-electron chi connectivity index (χ4n) is 2.39. The van der Waals surface area contributed by atoms with E-state index in [-0.39, 0.29) is 6.03 Å². The van der Waals surface area contributed by atoms with Gasteiger partial charge in [0.05, 0.1) is 0 Å². The van der Waals surface area contributed by atoms with Crippen LogP contribution in [0.1, 0.15) is 12.8 Å². The summed E-state index contributed by atoms with van der Waals surface area (Å²) in [5, 5.41) is 6.39. The van der Waals surface area contributed by atoms with E-state index in [1.54, 1.807) is 0 Å². The van der Waals surface area contributed by atoms with Crippen LogP contribution in [0.2, 0.25) is 0 Å². The topological polar surface area (TPSA) is 47.6 Å². The molecule has 1 saturated carbocycles. The van der Waals surface area contributed by atoms with Crippen molar-refractivity contribution < 1.29 is 4.79 Å². The first-order valence-corrected chi connectivity index (χ1v) is 6.33. The first-order chi connectivity index (χ1) is 7.83. The second-order valence-corrected chi connectivity index (χ2v) is 5.07. The number of urea groups is 1. The Bertz CT molecular complexity index is 267. The first-order valence-electron chi connectivity index (χ1n) is 6.33. The van der Waals surface area contributed by atoms with Gasteiger partial charge in [-0.05, 0) is 12.8 Å². The van der Waals surface area contributed by atoms with Crippen molar-refractivity contribution in [3.8, 4) is 0 Å². The summed E-state index contributed by atoms with van der Waals surface area (Å²) in [7, 11) is 0.